The molecule has 0 aliphatic carbocycles. The van der Waals surface area contributed by atoms with Crippen molar-refractivity contribution in [2.45, 2.75) is 32.9 Å². The van der Waals surface area contributed by atoms with Crippen molar-refractivity contribution < 1.29 is 0 Å². The van der Waals surface area contributed by atoms with Gasteiger partial charge in [0.05, 0.1) is 0 Å². The van der Waals surface area contributed by atoms with Gasteiger partial charge in [-0.1, -0.05) is 42.8 Å². The summed E-state index contributed by atoms with van der Waals surface area (Å²) >= 11 is 5.93. The van der Waals surface area contributed by atoms with Crippen molar-refractivity contribution in [2.75, 3.05) is 24.1 Å². The van der Waals surface area contributed by atoms with Crippen LogP contribution in [0.15, 0.2) is 30.3 Å². The molecule has 1 fully saturated rings. The number of nitrogen functional groups attached to an aromatic ring is 1. The van der Waals surface area contributed by atoms with Crippen molar-refractivity contribution >= 4 is 23.4 Å². The van der Waals surface area contributed by atoms with Crippen molar-refractivity contribution in [1.29, 1.82) is 0 Å². The number of benzene rings is 1. The van der Waals surface area contributed by atoms with Gasteiger partial charge in [-0.25, -0.2) is 4.98 Å². The summed E-state index contributed by atoms with van der Waals surface area (Å²) in [4.78, 5) is 10.6. The number of halogens is 1. The molecule has 0 spiro atoms. The highest BCUT2D eigenvalue weighted by Gasteiger charge is 2.17. The highest BCUT2D eigenvalue weighted by atomic mass is 35.5. The number of hydrogen-bond donors (Lipinski definition) is 2. The molecule has 1 aromatic carbocycles. The Morgan fingerprint density at radius 3 is 2.83 bits per heavy atom. The third-order valence-corrected chi connectivity index (χ3v) is 4.62. The fourth-order valence-corrected chi connectivity index (χ4v) is 3.46. The number of nitrogens with one attached hydrogen (secondary N) is 1. The van der Waals surface area contributed by atoms with Gasteiger partial charge < -0.3 is 11.1 Å². The summed E-state index contributed by atoms with van der Waals surface area (Å²) < 4.78 is 0. The third-order valence-electron chi connectivity index (χ3n) is 4.43. The minimum absolute atomic E-state index is 0.181. The Morgan fingerprint density at radius 2 is 2.08 bits per heavy atom. The molecule has 2 heterocycles. The molecule has 1 aliphatic rings. The van der Waals surface area contributed by atoms with E-state index < -0.39 is 0 Å². The van der Waals surface area contributed by atoms with Crippen LogP contribution in [0.25, 0.3) is 0 Å². The largest absolute Gasteiger partial charge is 0.368 e. The standard InChI is InChI=1S/C18H24ClN5/c1-13-5-4-8-24(11-13)12-15-7-3-2-6-14(15)10-21-17-9-16(19)22-18(20)23-17/h2-3,6-7,9,13H,4-5,8,10-12H2,1H3,(H3,20,21,22,23). The summed E-state index contributed by atoms with van der Waals surface area (Å²) in [6.07, 6.45) is 2.63. The summed E-state index contributed by atoms with van der Waals surface area (Å²) in [5.41, 5.74) is 8.26. The van der Waals surface area contributed by atoms with Gasteiger partial charge in [0.15, 0.2) is 0 Å². The highest BCUT2D eigenvalue weighted by molar-refractivity contribution is 6.29. The predicted molar refractivity (Wildman–Crippen MR) is 98.9 cm³/mol. The molecule has 3 rings (SSSR count). The van der Waals surface area contributed by atoms with Crippen molar-refractivity contribution in [2.24, 2.45) is 5.92 Å². The molecule has 1 atom stereocenters. The summed E-state index contributed by atoms with van der Waals surface area (Å²) in [6, 6.07) is 10.2. The Kier molecular flexibility index (Phi) is 5.53. The topological polar surface area (TPSA) is 67.1 Å². The SMILES string of the molecule is CC1CCCN(Cc2ccccc2CNc2cc(Cl)nc(N)n2)C1. The molecule has 5 nitrogen and oxygen atoms in total. The van der Waals surface area contributed by atoms with E-state index in [-0.39, 0.29) is 5.95 Å². The number of nitrogens with two attached hydrogens (primary N) is 1. The summed E-state index contributed by atoms with van der Waals surface area (Å²) in [6.45, 7) is 6.38. The van der Waals surface area contributed by atoms with E-state index >= 15 is 0 Å². The van der Waals surface area contributed by atoms with Crippen LogP contribution in [0.3, 0.4) is 0 Å². The average Bonchev–Trinajstić information content (AvgIpc) is 2.53. The Morgan fingerprint density at radius 1 is 1.29 bits per heavy atom. The molecule has 1 saturated heterocycles. The van der Waals surface area contributed by atoms with Crippen molar-refractivity contribution in [1.82, 2.24) is 14.9 Å². The van der Waals surface area contributed by atoms with Crippen molar-refractivity contribution in [3.63, 3.8) is 0 Å². The molecule has 24 heavy (non-hydrogen) atoms. The lowest BCUT2D eigenvalue weighted by Gasteiger charge is -2.31. The smallest absolute Gasteiger partial charge is 0.223 e. The van der Waals surface area contributed by atoms with E-state index in [2.05, 4.69) is 51.4 Å². The second-order valence-corrected chi connectivity index (χ2v) is 6.93. The maximum Gasteiger partial charge on any atom is 0.223 e. The maximum atomic E-state index is 5.93. The molecule has 128 valence electrons. The molecule has 0 bridgehead atoms. The van der Waals surface area contributed by atoms with Gasteiger partial charge in [0.1, 0.15) is 11.0 Å². The lowest BCUT2D eigenvalue weighted by atomic mass is 9.99. The van der Waals surface area contributed by atoms with Crippen LogP contribution >= 0.6 is 11.6 Å². The normalized spacial score (nSPS) is 18.5. The quantitative estimate of drug-likeness (QED) is 0.811. The Balaban J connectivity index is 1.67. The first kappa shape index (κ1) is 17.0. The molecule has 0 saturated carbocycles. The van der Waals surface area contributed by atoms with Gasteiger partial charge in [0, 0.05) is 25.7 Å². The lowest BCUT2D eigenvalue weighted by molar-refractivity contribution is 0.176. The molecule has 6 heteroatoms. The molecule has 2 aromatic rings. The second kappa shape index (κ2) is 7.81. The van der Waals surface area contributed by atoms with Crippen LogP contribution in [0.1, 0.15) is 30.9 Å². The predicted octanol–water partition coefficient (Wildman–Crippen LogP) is 3.56. The second-order valence-electron chi connectivity index (χ2n) is 6.54. The number of anilines is 2. The van der Waals surface area contributed by atoms with Crippen LogP contribution in [0, 0.1) is 5.92 Å². The van der Waals surface area contributed by atoms with Crippen LogP contribution in [-0.2, 0) is 13.1 Å². The van der Waals surface area contributed by atoms with Gasteiger partial charge >= 0.3 is 0 Å². The molecular formula is C18H24ClN5. The lowest BCUT2D eigenvalue weighted by Crippen LogP contribution is -2.34. The Labute approximate surface area is 148 Å². The number of aromatic nitrogens is 2. The van der Waals surface area contributed by atoms with E-state index in [0.717, 1.165) is 12.5 Å². The monoisotopic (exact) mass is 345 g/mol. The van der Waals surface area contributed by atoms with E-state index in [4.69, 9.17) is 17.3 Å². The number of piperidine rings is 1. The van der Waals surface area contributed by atoms with Crippen molar-refractivity contribution in [3.05, 3.63) is 46.6 Å². The number of hydrogen-bond acceptors (Lipinski definition) is 5. The summed E-state index contributed by atoms with van der Waals surface area (Å²) in [5.74, 6) is 1.62. The van der Waals surface area contributed by atoms with E-state index in [9.17, 15) is 0 Å². The Bertz CT molecular complexity index is 671. The van der Waals surface area contributed by atoms with Crippen molar-refractivity contribution in [3.8, 4) is 0 Å². The summed E-state index contributed by atoms with van der Waals surface area (Å²) in [5, 5.41) is 3.64. The highest BCUT2D eigenvalue weighted by Crippen LogP contribution is 2.20. The fourth-order valence-electron chi connectivity index (χ4n) is 3.27. The first-order valence-electron chi connectivity index (χ1n) is 8.43. The van der Waals surface area contributed by atoms with E-state index in [1.165, 1.54) is 37.1 Å². The molecule has 1 aliphatic heterocycles. The van der Waals surface area contributed by atoms with Gasteiger partial charge in [-0.05, 0) is 36.4 Å². The summed E-state index contributed by atoms with van der Waals surface area (Å²) in [7, 11) is 0. The Hall–Kier alpha value is -1.85. The van der Waals surface area contributed by atoms with Gasteiger partial charge in [0.2, 0.25) is 5.95 Å². The molecule has 1 aromatic heterocycles. The van der Waals surface area contributed by atoms with Gasteiger partial charge in [-0.2, -0.15) is 4.98 Å². The van der Waals surface area contributed by atoms with Crippen LogP contribution in [0.4, 0.5) is 11.8 Å². The van der Waals surface area contributed by atoms with Gasteiger partial charge in [-0.15, -0.1) is 0 Å². The molecule has 0 radical (unpaired) electrons. The van der Waals surface area contributed by atoms with E-state index in [0.29, 0.717) is 17.5 Å². The van der Waals surface area contributed by atoms with Crippen LogP contribution in [0.2, 0.25) is 5.15 Å². The minimum Gasteiger partial charge on any atom is -0.368 e. The number of nitrogens with zero attached hydrogens (tertiary/aromatic N) is 3. The van der Waals surface area contributed by atoms with Crippen LogP contribution in [0.5, 0.6) is 0 Å². The number of rotatable bonds is 5. The zero-order valence-electron chi connectivity index (χ0n) is 14.0. The maximum absolute atomic E-state index is 5.93. The van der Waals surface area contributed by atoms with Gasteiger partial charge in [0.25, 0.3) is 0 Å². The van der Waals surface area contributed by atoms with Gasteiger partial charge in [-0.3, -0.25) is 4.90 Å². The minimum atomic E-state index is 0.181. The average molecular weight is 346 g/mol. The molecular weight excluding hydrogens is 322 g/mol. The zero-order valence-corrected chi connectivity index (χ0v) is 14.8. The molecule has 3 N–H and O–H groups in total. The van der Waals surface area contributed by atoms with E-state index in [1.54, 1.807) is 6.07 Å². The molecule has 0 amide bonds. The van der Waals surface area contributed by atoms with Crippen LogP contribution in [-0.4, -0.2) is 28.0 Å². The zero-order chi connectivity index (χ0) is 16.9. The fraction of sp³-hybridized carbons (Fsp3) is 0.444. The van der Waals surface area contributed by atoms with E-state index in [1.807, 2.05) is 0 Å². The van der Waals surface area contributed by atoms with Crippen LogP contribution < -0.4 is 11.1 Å². The third kappa shape index (κ3) is 4.58. The number of likely N-dealkylation sites (tertiary alicyclic amines) is 1. The first-order chi connectivity index (χ1) is 11.6. The molecule has 1 unspecified atom stereocenters. The first-order valence-corrected chi connectivity index (χ1v) is 8.81.